The van der Waals surface area contributed by atoms with Gasteiger partial charge in [-0.1, -0.05) is 6.92 Å². The van der Waals surface area contributed by atoms with E-state index in [9.17, 15) is 0 Å². The minimum Gasteiger partial charge on any atom is -0.381 e. The van der Waals surface area contributed by atoms with Crippen molar-refractivity contribution in [3.8, 4) is 11.3 Å². The highest BCUT2D eigenvalue weighted by molar-refractivity contribution is 6.00. The van der Waals surface area contributed by atoms with Gasteiger partial charge in [0.1, 0.15) is 11.5 Å². The maximum absolute atomic E-state index is 5.44. The van der Waals surface area contributed by atoms with Crippen molar-refractivity contribution in [2.45, 2.75) is 38.8 Å². The van der Waals surface area contributed by atoms with E-state index in [2.05, 4.69) is 32.5 Å². The summed E-state index contributed by atoms with van der Waals surface area (Å²) >= 11 is 0. The summed E-state index contributed by atoms with van der Waals surface area (Å²) < 4.78 is 7.39. The van der Waals surface area contributed by atoms with Crippen LogP contribution in [0.5, 0.6) is 0 Å². The molecule has 7 heteroatoms. The molecule has 24 heavy (non-hydrogen) atoms. The van der Waals surface area contributed by atoms with E-state index in [1.165, 1.54) is 0 Å². The first kappa shape index (κ1) is 15.1. The van der Waals surface area contributed by atoms with Gasteiger partial charge in [-0.25, -0.2) is 4.98 Å². The van der Waals surface area contributed by atoms with Gasteiger partial charge in [0.15, 0.2) is 0 Å². The first-order valence-corrected chi connectivity index (χ1v) is 8.55. The van der Waals surface area contributed by atoms with Crippen LogP contribution in [0.4, 0.5) is 5.82 Å². The van der Waals surface area contributed by atoms with Crippen LogP contribution in [0.15, 0.2) is 24.7 Å². The number of pyridine rings is 1. The lowest BCUT2D eigenvalue weighted by Crippen LogP contribution is -2.28. The Balaban J connectivity index is 1.70. The van der Waals surface area contributed by atoms with Crippen LogP contribution in [0, 0.1) is 0 Å². The van der Waals surface area contributed by atoms with E-state index in [4.69, 9.17) is 4.74 Å². The Labute approximate surface area is 140 Å². The Morgan fingerprint density at radius 2 is 2.25 bits per heavy atom. The fourth-order valence-electron chi connectivity index (χ4n) is 3.16. The topological polar surface area (TPSA) is 80.7 Å². The minimum absolute atomic E-state index is 0.391. The highest BCUT2D eigenvalue weighted by Gasteiger charge is 2.19. The monoisotopic (exact) mass is 326 g/mol. The maximum Gasteiger partial charge on any atom is 0.137 e. The third-order valence-corrected chi connectivity index (χ3v) is 4.40. The standard InChI is InChI=1S/C17H22N6O/c1-2-7-23-11-12(10-19-23)16-15-14(21-22-16)3-6-18-17(15)20-13-4-8-24-9-5-13/h3,6,10-11,13H,2,4-5,7-9H2,1H3,(H,18,20)(H,21,22). The molecule has 1 saturated heterocycles. The first-order chi connectivity index (χ1) is 11.8. The number of aromatic amines is 1. The van der Waals surface area contributed by atoms with Gasteiger partial charge in [0.2, 0.25) is 0 Å². The fourth-order valence-corrected chi connectivity index (χ4v) is 3.16. The molecule has 3 aromatic rings. The largest absolute Gasteiger partial charge is 0.381 e. The first-order valence-electron chi connectivity index (χ1n) is 8.55. The third-order valence-electron chi connectivity index (χ3n) is 4.40. The summed E-state index contributed by atoms with van der Waals surface area (Å²) in [5, 5.41) is 16.6. The molecule has 0 saturated carbocycles. The molecular weight excluding hydrogens is 304 g/mol. The summed E-state index contributed by atoms with van der Waals surface area (Å²) in [6.07, 6.45) is 8.78. The molecule has 3 aromatic heterocycles. The van der Waals surface area contributed by atoms with Crippen molar-refractivity contribution < 1.29 is 4.74 Å². The van der Waals surface area contributed by atoms with Crippen LogP contribution in [-0.2, 0) is 11.3 Å². The molecule has 0 aromatic carbocycles. The van der Waals surface area contributed by atoms with E-state index >= 15 is 0 Å². The quantitative estimate of drug-likeness (QED) is 0.753. The van der Waals surface area contributed by atoms with Gasteiger partial charge in [0.25, 0.3) is 0 Å². The number of nitrogens with zero attached hydrogens (tertiary/aromatic N) is 4. The lowest BCUT2D eigenvalue weighted by molar-refractivity contribution is 0.0904. The molecule has 126 valence electrons. The summed E-state index contributed by atoms with van der Waals surface area (Å²) in [6, 6.07) is 2.35. The normalized spacial score (nSPS) is 15.9. The zero-order chi connectivity index (χ0) is 16.4. The van der Waals surface area contributed by atoms with Crippen molar-refractivity contribution in [3.63, 3.8) is 0 Å². The molecule has 4 heterocycles. The molecule has 0 radical (unpaired) electrons. The molecule has 0 amide bonds. The number of aryl methyl sites for hydroxylation is 1. The van der Waals surface area contributed by atoms with E-state index < -0.39 is 0 Å². The van der Waals surface area contributed by atoms with Crippen LogP contribution in [0.3, 0.4) is 0 Å². The second-order valence-corrected chi connectivity index (χ2v) is 6.18. The molecule has 2 N–H and O–H groups in total. The van der Waals surface area contributed by atoms with Gasteiger partial charge in [-0.3, -0.25) is 9.78 Å². The SMILES string of the molecule is CCCn1cc(-c2n[nH]c3ccnc(NC4CCOCC4)c23)cn1. The van der Waals surface area contributed by atoms with E-state index in [-0.39, 0.29) is 0 Å². The lowest BCUT2D eigenvalue weighted by atomic mass is 10.1. The van der Waals surface area contributed by atoms with Gasteiger partial charge < -0.3 is 10.1 Å². The molecule has 1 fully saturated rings. The van der Waals surface area contributed by atoms with Crippen molar-refractivity contribution in [1.29, 1.82) is 0 Å². The predicted octanol–water partition coefficient (Wildman–Crippen LogP) is 2.82. The number of H-pyrrole nitrogens is 1. The van der Waals surface area contributed by atoms with E-state index in [1.807, 2.05) is 29.3 Å². The predicted molar refractivity (Wildman–Crippen MR) is 92.9 cm³/mol. The highest BCUT2D eigenvalue weighted by Crippen LogP contribution is 2.31. The van der Waals surface area contributed by atoms with Crippen LogP contribution >= 0.6 is 0 Å². The molecule has 0 atom stereocenters. The molecule has 0 aliphatic carbocycles. The maximum atomic E-state index is 5.44. The number of rotatable bonds is 5. The summed E-state index contributed by atoms with van der Waals surface area (Å²) in [5.74, 6) is 0.881. The Kier molecular flexibility index (Phi) is 4.17. The van der Waals surface area contributed by atoms with Crippen LogP contribution in [0.2, 0.25) is 0 Å². The van der Waals surface area contributed by atoms with E-state index in [1.54, 1.807) is 0 Å². The van der Waals surface area contributed by atoms with Crippen LogP contribution in [0.1, 0.15) is 26.2 Å². The zero-order valence-electron chi connectivity index (χ0n) is 13.8. The number of aromatic nitrogens is 5. The van der Waals surface area contributed by atoms with E-state index in [0.29, 0.717) is 6.04 Å². The van der Waals surface area contributed by atoms with Crippen molar-refractivity contribution in [2.24, 2.45) is 0 Å². The summed E-state index contributed by atoms with van der Waals surface area (Å²) in [4.78, 5) is 4.56. The zero-order valence-corrected chi connectivity index (χ0v) is 13.8. The summed E-state index contributed by atoms with van der Waals surface area (Å²) in [5.41, 5.74) is 2.89. The van der Waals surface area contributed by atoms with Crippen molar-refractivity contribution in [3.05, 3.63) is 24.7 Å². The van der Waals surface area contributed by atoms with Gasteiger partial charge in [0.05, 0.1) is 17.1 Å². The van der Waals surface area contributed by atoms with Gasteiger partial charge in [0, 0.05) is 43.8 Å². The van der Waals surface area contributed by atoms with Gasteiger partial charge in [-0.2, -0.15) is 10.2 Å². The van der Waals surface area contributed by atoms with Crippen LogP contribution < -0.4 is 5.32 Å². The second-order valence-electron chi connectivity index (χ2n) is 6.18. The number of nitrogens with one attached hydrogen (secondary N) is 2. The van der Waals surface area contributed by atoms with Gasteiger partial charge in [-0.05, 0) is 25.3 Å². The molecular formula is C17H22N6O. The van der Waals surface area contributed by atoms with Crippen molar-refractivity contribution in [2.75, 3.05) is 18.5 Å². The lowest BCUT2D eigenvalue weighted by Gasteiger charge is -2.23. The van der Waals surface area contributed by atoms with Crippen molar-refractivity contribution >= 4 is 16.7 Å². The summed E-state index contributed by atoms with van der Waals surface area (Å²) in [6.45, 7) is 4.66. The number of anilines is 1. The molecule has 1 aliphatic rings. The Hall–Kier alpha value is -2.41. The molecule has 0 bridgehead atoms. The summed E-state index contributed by atoms with van der Waals surface area (Å²) in [7, 11) is 0. The molecule has 0 spiro atoms. The third kappa shape index (κ3) is 2.87. The van der Waals surface area contributed by atoms with Gasteiger partial charge >= 0.3 is 0 Å². The van der Waals surface area contributed by atoms with E-state index in [0.717, 1.165) is 67.0 Å². The van der Waals surface area contributed by atoms with Gasteiger partial charge in [-0.15, -0.1) is 0 Å². The highest BCUT2D eigenvalue weighted by atomic mass is 16.5. The average molecular weight is 326 g/mol. The average Bonchev–Trinajstić information content (AvgIpc) is 3.23. The Morgan fingerprint density at radius 3 is 3.08 bits per heavy atom. The van der Waals surface area contributed by atoms with Crippen molar-refractivity contribution in [1.82, 2.24) is 25.0 Å². The number of hydrogen-bond acceptors (Lipinski definition) is 5. The smallest absolute Gasteiger partial charge is 0.137 e. The number of ether oxygens (including phenoxy) is 1. The Morgan fingerprint density at radius 1 is 1.38 bits per heavy atom. The number of fused-ring (bicyclic) bond motifs is 1. The molecule has 7 nitrogen and oxygen atoms in total. The fraction of sp³-hybridized carbons (Fsp3) is 0.471. The van der Waals surface area contributed by atoms with Crippen LogP contribution in [0.25, 0.3) is 22.2 Å². The minimum atomic E-state index is 0.391. The van der Waals surface area contributed by atoms with Crippen LogP contribution in [-0.4, -0.2) is 44.2 Å². The Bertz CT molecular complexity index is 817. The molecule has 0 unspecified atom stereocenters. The second kappa shape index (κ2) is 6.60. The molecule has 4 rings (SSSR count). The molecule has 1 aliphatic heterocycles. The number of hydrogen-bond donors (Lipinski definition) is 2.